The van der Waals surface area contributed by atoms with E-state index in [-0.39, 0.29) is 35.9 Å². The van der Waals surface area contributed by atoms with Crippen LogP contribution < -0.4 is 15.8 Å². The first-order chi connectivity index (χ1) is 10.9. The lowest BCUT2D eigenvalue weighted by Gasteiger charge is -2.22. The highest BCUT2D eigenvalue weighted by atomic mass is 35.5. The van der Waals surface area contributed by atoms with Crippen molar-refractivity contribution in [2.75, 3.05) is 19.7 Å². The van der Waals surface area contributed by atoms with Crippen LogP contribution in [0.4, 0.5) is 0 Å². The molecular formula is C18H29ClN2O3. The summed E-state index contributed by atoms with van der Waals surface area (Å²) in [7, 11) is 0. The molecule has 0 bridgehead atoms. The molecule has 3 N–H and O–H groups in total. The Morgan fingerprint density at radius 2 is 2.04 bits per heavy atom. The van der Waals surface area contributed by atoms with Crippen LogP contribution in [0.15, 0.2) is 24.3 Å². The molecule has 6 heteroatoms. The van der Waals surface area contributed by atoms with Gasteiger partial charge in [-0.3, -0.25) is 4.79 Å². The number of hydrogen-bond donors (Lipinski definition) is 2. The first-order valence-corrected chi connectivity index (χ1v) is 8.27. The number of rotatable bonds is 6. The summed E-state index contributed by atoms with van der Waals surface area (Å²) >= 11 is 0. The van der Waals surface area contributed by atoms with Crippen molar-refractivity contribution in [3.05, 3.63) is 29.8 Å². The fourth-order valence-electron chi connectivity index (χ4n) is 2.73. The summed E-state index contributed by atoms with van der Waals surface area (Å²) in [5.74, 6) is 0.795. The summed E-state index contributed by atoms with van der Waals surface area (Å²) in [6.07, 6.45) is 1.23. The van der Waals surface area contributed by atoms with Gasteiger partial charge in [0.25, 0.3) is 0 Å². The minimum Gasteiger partial charge on any atom is -0.491 e. The Morgan fingerprint density at radius 1 is 1.33 bits per heavy atom. The van der Waals surface area contributed by atoms with E-state index in [0.717, 1.165) is 24.2 Å². The number of benzene rings is 1. The number of para-hydroxylation sites is 1. The zero-order valence-corrected chi connectivity index (χ0v) is 15.5. The van der Waals surface area contributed by atoms with E-state index in [9.17, 15) is 4.79 Å². The van der Waals surface area contributed by atoms with Crippen molar-refractivity contribution in [1.29, 1.82) is 0 Å². The number of halogens is 1. The van der Waals surface area contributed by atoms with Gasteiger partial charge >= 0.3 is 0 Å². The largest absolute Gasteiger partial charge is 0.491 e. The van der Waals surface area contributed by atoms with Gasteiger partial charge in [-0.05, 0) is 29.9 Å². The lowest BCUT2D eigenvalue weighted by molar-refractivity contribution is -0.131. The van der Waals surface area contributed by atoms with Crippen molar-refractivity contribution in [3.63, 3.8) is 0 Å². The summed E-state index contributed by atoms with van der Waals surface area (Å²) in [4.78, 5) is 12.0. The first kappa shape index (κ1) is 20.7. The third-order valence-corrected chi connectivity index (χ3v) is 4.02. The minimum absolute atomic E-state index is 0. The average molecular weight is 357 g/mol. The van der Waals surface area contributed by atoms with Crippen LogP contribution in [0.25, 0.3) is 0 Å². The van der Waals surface area contributed by atoms with E-state index in [4.69, 9.17) is 15.2 Å². The Morgan fingerprint density at radius 3 is 2.67 bits per heavy atom. The first-order valence-electron chi connectivity index (χ1n) is 8.27. The van der Waals surface area contributed by atoms with Crippen LogP contribution in [0.5, 0.6) is 5.75 Å². The van der Waals surface area contributed by atoms with E-state index in [1.54, 1.807) is 0 Å². The summed E-state index contributed by atoms with van der Waals surface area (Å²) < 4.78 is 11.4. The molecule has 1 amide bonds. The monoisotopic (exact) mass is 356 g/mol. The van der Waals surface area contributed by atoms with Crippen molar-refractivity contribution in [2.24, 2.45) is 5.73 Å². The number of hydrogen-bond acceptors (Lipinski definition) is 4. The zero-order valence-electron chi connectivity index (χ0n) is 14.7. The number of nitrogens with two attached hydrogens (primary N) is 1. The highest BCUT2D eigenvalue weighted by Crippen LogP contribution is 2.30. The van der Waals surface area contributed by atoms with Crippen molar-refractivity contribution in [3.8, 4) is 5.75 Å². The number of carbonyl (C=O) groups excluding carboxylic acids is 1. The lowest BCUT2D eigenvalue weighted by Crippen LogP contribution is -2.37. The molecule has 136 valence electrons. The van der Waals surface area contributed by atoms with Gasteiger partial charge in [-0.25, -0.2) is 0 Å². The fraction of sp³-hybridized carbons (Fsp3) is 0.611. The van der Waals surface area contributed by atoms with Gasteiger partial charge in [0.1, 0.15) is 18.5 Å². The molecule has 2 atom stereocenters. The topological polar surface area (TPSA) is 73.6 Å². The van der Waals surface area contributed by atoms with Crippen molar-refractivity contribution in [2.45, 2.75) is 51.2 Å². The molecule has 1 heterocycles. The molecule has 1 saturated heterocycles. The summed E-state index contributed by atoms with van der Waals surface area (Å²) in [5, 5.41) is 2.87. The Labute approximate surface area is 150 Å². The van der Waals surface area contributed by atoms with Crippen LogP contribution in [-0.4, -0.2) is 37.8 Å². The third-order valence-electron chi connectivity index (χ3n) is 4.02. The van der Waals surface area contributed by atoms with Crippen LogP contribution >= 0.6 is 12.4 Å². The quantitative estimate of drug-likeness (QED) is 0.768. The van der Waals surface area contributed by atoms with Gasteiger partial charge in [0, 0.05) is 6.54 Å². The molecule has 5 nitrogen and oxygen atoms in total. The van der Waals surface area contributed by atoms with Crippen LogP contribution in [0.3, 0.4) is 0 Å². The second-order valence-electron chi connectivity index (χ2n) is 6.95. The molecule has 0 saturated carbocycles. The normalized spacial score (nSPS) is 20.3. The highest BCUT2D eigenvalue weighted by molar-refractivity contribution is 5.85. The Bertz CT molecular complexity index is 531. The number of ether oxygens (including phenoxy) is 2. The van der Waals surface area contributed by atoms with E-state index in [0.29, 0.717) is 19.7 Å². The number of carbonyl (C=O) groups is 1. The molecule has 1 aliphatic heterocycles. The maximum atomic E-state index is 12.0. The molecular weight excluding hydrogens is 328 g/mol. The van der Waals surface area contributed by atoms with Gasteiger partial charge < -0.3 is 20.5 Å². The van der Waals surface area contributed by atoms with E-state index >= 15 is 0 Å². The van der Waals surface area contributed by atoms with Gasteiger partial charge in [-0.15, -0.1) is 12.4 Å². The number of nitrogens with one attached hydrogen (secondary N) is 1. The van der Waals surface area contributed by atoms with E-state index < -0.39 is 0 Å². The van der Waals surface area contributed by atoms with Gasteiger partial charge in [0.05, 0.1) is 12.6 Å². The van der Waals surface area contributed by atoms with Crippen LogP contribution in [0.1, 0.15) is 39.2 Å². The van der Waals surface area contributed by atoms with Gasteiger partial charge in [-0.2, -0.15) is 0 Å². The minimum atomic E-state index is -0.370. The molecule has 2 rings (SSSR count). The summed E-state index contributed by atoms with van der Waals surface area (Å²) in [5.41, 5.74) is 6.74. The molecule has 0 aliphatic carbocycles. The molecule has 0 unspecified atom stereocenters. The maximum Gasteiger partial charge on any atom is 0.249 e. The van der Waals surface area contributed by atoms with Crippen molar-refractivity contribution >= 4 is 18.3 Å². The standard InChI is InChI=1S/C18H28N2O3.ClH/c1-18(2,3)14-6-4-5-7-15(14)22-11-10-20-17(21)16-9-8-13(12-19)23-16;/h4-7,13,16H,8-12,19H2,1-3H3,(H,20,21);1H/t13-,16+;/m1./s1. The zero-order chi connectivity index (χ0) is 16.9. The Kier molecular flexibility index (Phi) is 8.00. The second kappa shape index (κ2) is 9.25. The lowest BCUT2D eigenvalue weighted by atomic mass is 9.86. The fourth-order valence-corrected chi connectivity index (χ4v) is 2.73. The van der Waals surface area contributed by atoms with E-state index in [1.807, 2.05) is 18.2 Å². The molecule has 0 aromatic heterocycles. The predicted octanol–water partition coefficient (Wildman–Crippen LogP) is 2.41. The molecule has 1 fully saturated rings. The molecule has 1 aliphatic rings. The number of amides is 1. The Balaban J connectivity index is 0.00000288. The Hall–Kier alpha value is -1.30. The molecule has 0 radical (unpaired) electrons. The summed E-state index contributed by atoms with van der Waals surface area (Å²) in [6, 6.07) is 8.02. The van der Waals surface area contributed by atoms with Crippen molar-refractivity contribution < 1.29 is 14.3 Å². The average Bonchev–Trinajstić information content (AvgIpc) is 3.00. The smallest absolute Gasteiger partial charge is 0.249 e. The van der Waals surface area contributed by atoms with E-state index in [1.165, 1.54) is 0 Å². The van der Waals surface area contributed by atoms with E-state index in [2.05, 4.69) is 32.2 Å². The second-order valence-corrected chi connectivity index (χ2v) is 6.95. The highest BCUT2D eigenvalue weighted by Gasteiger charge is 2.29. The van der Waals surface area contributed by atoms with Gasteiger partial charge in [0.15, 0.2) is 0 Å². The van der Waals surface area contributed by atoms with Crippen LogP contribution in [0, 0.1) is 0 Å². The predicted molar refractivity (Wildman–Crippen MR) is 97.8 cm³/mol. The van der Waals surface area contributed by atoms with Gasteiger partial charge in [0.2, 0.25) is 5.91 Å². The SMILES string of the molecule is CC(C)(C)c1ccccc1OCCNC(=O)[C@@H]1CC[C@H](CN)O1.Cl. The van der Waals surface area contributed by atoms with Crippen molar-refractivity contribution in [1.82, 2.24) is 5.32 Å². The maximum absolute atomic E-state index is 12.0. The molecule has 0 spiro atoms. The van der Waals surface area contributed by atoms with Crippen LogP contribution in [-0.2, 0) is 14.9 Å². The molecule has 24 heavy (non-hydrogen) atoms. The van der Waals surface area contributed by atoms with Gasteiger partial charge in [-0.1, -0.05) is 39.0 Å². The summed E-state index contributed by atoms with van der Waals surface area (Å²) in [6.45, 7) is 7.83. The molecule has 1 aromatic carbocycles. The third kappa shape index (κ3) is 5.65. The molecule has 1 aromatic rings. The van der Waals surface area contributed by atoms with Crippen LogP contribution in [0.2, 0.25) is 0 Å².